The molecule has 1 aromatic carbocycles. The first kappa shape index (κ1) is 19.9. The molecule has 0 bridgehead atoms. The molecule has 2 heterocycles. The van der Waals surface area contributed by atoms with Gasteiger partial charge in [-0.2, -0.15) is 13.2 Å². The molecule has 7 heteroatoms. The Morgan fingerprint density at radius 3 is 2.63 bits per heavy atom. The second-order valence-corrected chi connectivity index (χ2v) is 8.16. The maximum atomic E-state index is 13.4. The van der Waals surface area contributed by atoms with E-state index in [0.717, 1.165) is 24.7 Å². The van der Waals surface area contributed by atoms with Gasteiger partial charge in [0.15, 0.2) is 0 Å². The molecule has 2 atom stereocenters. The van der Waals surface area contributed by atoms with E-state index in [1.54, 1.807) is 18.2 Å². The molecule has 0 spiro atoms. The SMILES string of the molecule is C[C@H]1C[C@@H](NC(C)(C)CO)CN(c2ccc(C(F)(F)F)c3ncccc23)C1. The van der Waals surface area contributed by atoms with Crippen LogP contribution in [0.2, 0.25) is 0 Å². The van der Waals surface area contributed by atoms with Gasteiger partial charge in [-0.25, -0.2) is 0 Å². The lowest BCUT2D eigenvalue weighted by Gasteiger charge is -2.41. The summed E-state index contributed by atoms with van der Waals surface area (Å²) in [7, 11) is 0. The van der Waals surface area contributed by atoms with Crippen LogP contribution in [-0.4, -0.2) is 41.4 Å². The van der Waals surface area contributed by atoms with Crippen LogP contribution >= 0.6 is 0 Å². The van der Waals surface area contributed by atoms with Gasteiger partial charge in [0.2, 0.25) is 0 Å². The Balaban J connectivity index is 1.97. The van der Waals surface area contributed by atoms with Crippen molar-refractivity contribution in [2.75, 3.05) is 24.6 Å². The standard InChI is InChI=1S/C20H26F3N3O/c1-13-9-14(25-19(2,3)12-27)11-26(10-13)17-7-6-16(20(21,22)23)18-15(17)5-4-8-24-18/h4-8,13-14,25,27H,9-12H2,1-3H3/t13-,14+/m0/s1. The average Bonchev–Trinajstić information content (AvgIpc) is 2.59. The molecule has 0 unspecified atom stereocenters. The Kier molecular flexibility index (Phi) is 5.36. The lowest BCUT2D eigenvalue weighted by molar-refractivity contribution is -0.136. The van der Waals surface area contributed by atoms with Crippen molar-refractivity contribution in [1.82, 2.24) is 10.3 Å². The number of aromatic nitrogens is 1. The fourth-order valence-electron chi connectivity index (χ4n) is 3.91. The van der Waals surface area contributed by atoms with Crippen LogP contribution in [0.15, 0.2) is 30.5 Å². The zero-order valence-corrected chi connectivity index (χ0v) is 15.8. The number of benzene rings is 1. The van der Waals surface area contributed by atoms with Crippen molar-refractivity contribution in [3.8, 4) is 0 Å². The molecule has 1 aromatic heterocycles. The monoisotopic (exact) mass is 381 g/mol. The van der Waals surface area contributed by atoms with Crippen LogP contribution in [0.4, 0.5) is 18.9 Å². The molecule has 2 aromatic rings. The van der Waals surface area contributed by atoms with Gasteiger partial charge in [0.1, 0.15) is 0 Å². The van der Waals surface area contributed by atoms with E-state index in [0.29, 0.717) is 17.8 Å². The molecule has 0 saturated carbocycles. The van der Waals surface area contributed by atoms with E-state index in [4.69, 9.17) is 0 Å². The van der Waals surface area contributed by atoms with Crippen molar-refractivity contribution in [3.05, 3.63) is 36.0 Å². The number of anilines is 1. The summed E-state index contributed by atoms with van der Waals surface area (Å²) in [5, 5.41) is 13.5. The van der Waals surface area contributed by atoms with Crippen molar-refractivity contribution in [2.45, 2.75) is 44.9 Å². The average molecular weight is 381 g/mol. The Morgan fingerprint density at radius 2 is 1.96 bits per heavy atom. The maximum absolute atomic E-state index is 13.4. The summed E-state index contributed by atoms with van der Waals surface area (Å²) in [5.41, 5.74) is -0.355. The van der Waals surface area contributed by atoms with E-state index in [2.05, 4.69) is 22.1 Å². The van der Waals surface area contributed by atoms with Gasteiger partial charge in [0.25, 0.3) is 0 Å². The van der Waals surface area contributed by atoms with Gasteiger partial charge >= 0.3 is 6.18 Å². The van der Waals surface area contributed by atoms with Gasteiger partial charge in [-0.1, -0.05) is 6.92 Å². The summed E-state index contributed by atoms with van der Waals surface area (Å²) in [6, 6.07) is 6.20. The number of nitrogens with zero attached hydrogens (tertiary/aromatic N) is 2. The van der Waals surface area contributed by atoms with E-state index in [-0.39, 0.29) is 18.2 Å². The number of fused-ring (bicyclic) bond motifs is 1. The van der Waals surface area contributed by atoms with Crippen molar-refractivity contribution < 1.29 is 18.3 Å². The van der Waals surface area contributed by atoms with E-state index < -0.39 is 17.3 Å². The summed E-state index contributed by atoms with van der Waals surface area (Å²) in [6.45, 7) is 7.47. The van der Waals surface area contributed by atoms with E-state index in [1.807, 2.05) is 13.8 Å². The highest BCUT2D eigenvalue weighted by molar-refractivity contribution is 5.94. The molecule has 1 aliphatic heterocycles. The second kappa shape index (κ2) is 7.28. The van der Waals surface area contributed by atoms with Crippen LogP contribution in [0.25, 0.3) is 10.9 Å². The van der Waals surface area contributed by atoms with Gasteiger partial charge < -0.3 is 15.3 Å². The van der Waals surface area contributed by atoms with Crippen LogP contribution in [0, 0.1) is 5.92 Å². The van der Waals surface area contributed by atoms with Gasteiger partial charge in [0, 0.05) is 41.9 Å². The predicted molar refractivity (Wildman–Crippen MR) is 101 cm³/mol. The Labute approximate surface area is 157 Å². The van der Waals surface area contributed by atoms with E-state index in [1.165, 1.54) is 6.20 Å². The molecule has 1 fully saturated rings. The predicted octanol–water partition coefficient (Wildman–Crippen LogP) is 3.83. The summed E-state index contributed by atoms with van der Waals surface area (Å²) in [6.07, 6.45) is -2.08. The lowest BCUT2D eigenvalue weighted by atomic mass is 9.92. The molecule has 0 radical (unpaired) electrons. The third kappa shape index (κ3) is 4.35. The van der Waals surface area contributed by atoms with Crippen LogP contribution in [0.5, 0.6) is 0 Å². The van der Waals surface area contributed by atoms with Gasteiger partial charge in [0.05, 0.1) is 17.7 Å². The molecular weight excluding hydrogens is 355 g/mol. The highest BCUT2D eigenvalue weighted by Crippen LogP contribution is 2.38. The van der Waals surface area contributed by atoms with E-state index >= 15 is 0 Å². The fraction of sp³-hybridized carbons (Fsp3) is 0.550. The third-order valence-electron chi connectivity index (χ3n) is 5.04. The molecule has 0 aliphatic carbocycles. The molecule has 27 heavy (non-hydrogen) atoms. The molecular formula is C20H26F3N3O. The van der Waals surface area contributed by atoms with Crippen molar-refractivity contribution >= 4 is 16.6 Å². The number of hydrogen-bond donors (Lipinski definition) is 2. The van der Waals surface area contributed by atoms with Crippen LogP contribution in [-0.2, 0) is 6.18 Å². The smallest absolute Gasteiger partial charge is 0.394 e. The second-order valence-electron chi connectivity index (χ2n) is 8.16. The van der Waals surface area contributed by atoms with E-state index in [9.17, 15) is 18.3 Å². The number of rotatable bonds is 4. The number of nitrogens with one attached hydrogen (secondary N) is 1. The molecule has 1 saturated heterocycles. The minimum absolute atomic E-state index is 0.0130. The van der Waals surface area contributed by atoms with Gasteiger partial charge in [-0.3, -0.25) is 4.98 Å². The first-order chi connectivity index (χ1) is 12.6. The summed E-state index contributed by atoms with van der Waals surface area (Å²) in [4.78, 5) is 6.15. The summed E-state index contributed by atoms with van der Waals surface area (Å²) >= 11 is 0. The van der Waals surface area contributed by atoms with Crippen molar-refractivity contribution in [1.29, 1.82) is 0 Å². The zero-order valence-electron chi connectivity index (χ0n) is 15.8. The highest BCUT2D eigenvalue weighted by atomic mass is 19.4. The quantitative estimate of drug-likeness (QED) is 0.845. The largest absolute Gasteiger partial charge is 0.418 e. The summed E-state index contributed by atoms with van der Waals surface area (Å²) in [5.74, 6) is 0.375. The molecule has 3 rings (SSSR count). The first-order valence-electron chi connectivity index (χ1n) is 9.19. The fourth-order valence-corrected chi connectivity index (χ4v) is 3.91. The minimum atomic E-state index is -4.43. The van der Waals surface area contributed by atoms with Crippen molar-refractivity contribution in [3.63, 3.8) is 0 Å². The first-order valence-corrected chi connectivity index (χ1v) is 9.19. The number of alkyl halides is 3. The third-order valence-corrected chi connectivity index (χ3v) is 5.04. The topological polar surface area (TPSA) is 48.4 Å². The number of hydrogen-bond acceptors (Lipinski definition) is 4. The number of pyridine rings is 1. The Morgan fingerprint density at radius 1 is 1.22 bits per heavy atom. The zero-order chi connectivity index (χ0) is 19.8. The molecule has 1 aliphatic rings. The number of aliphatic hydroxyl groups excluding tert-OH is 1. The van der Waals surface area contributed by atoms with Gasteiger partial charge in [-0.05, 0) is 50.5 Å². The Hall–Kier alpha value is -1.86. The molecule has 148 valence electrons. The maximum Gasteiger partial charge on any atom is 0.418 e. The minimum Gasteiger partial charge on any atom is -0.394 e. The highest BCUT2D eigenvalue weighted by Gasteiger charge is 2.35. The number of halogens is 3. The molecule has 2 N–H and O–H groups in total. The summed E-state index contributed by atoms with van der Waals surface area (Å²) < 4.78 is 40.1. The van der Waals surface area contributed by atoms with Crippen molar-refractivity contribution in [2.24, 2.45) is 5.92 Å². The normalized spacial score (nSPS) is 21.7. The molecule has 4 nitrogen and oxygen atoms in total. The van der Waals surface area contributed by atoms with Crippen LogP contribution in [0.3, 0.4) is 0 Å². The molecule has 0 amide bonds. The van der Waals surface area contributed by atoms with Crippen LogP contribution in [0.1, 0.15) is 32.8 Å². The number of piperidine rings is 1. The van der Waals surface area contributed by atoms with Crippen LogP contribution < -0.4 is 10.2 Å². The Bertz CT molecular complexity index is 807. The van der Waals surface area contributed by atoms with Gasteiger partial charge in [-0.15, -0.1) is 0 Å². The lowest BCUT2D eigenvalue weighted by Crippen LogP contribution is -2.56. The number of aliphatic hydroxyl groups is 1.